The second-order valence-electron chi connectivity index (χ2n) is 5.72. The van der Waals surface area contributed by atoms with Crippen LogP contribution in [0.15, 0.2) is 47.1 Å². The fourth-order valence-electron chi connectivity index (χ4n) is 2.65. The van der Waals surface area contributed by atoms with Crippen molar-refractivity contribution in [2.75, 3.05) is 19.8 Å². The summed E-state index contributed by atoms with van der Waals surface area (Å²) >= 11 is 0. The summed E-state index contributed by atoms with van der Waals surface area (Å²) in [4.78, 5) is 0. The number of rotatable bonds is 8. The van der Waals surface area contributed by atoms with Crippen molar-refractivity contribution < 1.29 is 19.0 Å². The first-order chi connectivity index (χ1) is 11.3. The Labute approximate surface area is 136 Å². The maximum absolute atomic E-state index is 9.44. The summed E-state index contributed by atoms with van der Waals surface area (Å²) in [6.07, 6.45) is 4.05. The van der Waals surface area contributed by atoms with Crippen LogP contribution in [0.5, 0.6) is 5.75 Å². The van der Waals surface area contributed by atoms with E-state index >= 15 is 0 Å². The Morgan fingerprint density at radius 1 is 1.26 bits per heavy atom. The molecule has 124 valence electrons. The Bertz CT molecular complexity index is 561. The highest BCUT2D eigenvalue weighted by Crippen LogP contribution is 2.18. The van der Waals surface area contributed by atoms with Crippen LogP contribution in [0.2, 0.25) is 0 Å². The molecule has 5 heteroatoms. The van der Waals surface area contributed by atoms with Gasteiger partial charge in [-0.3, -0.25) is 0 Å². The van der Waals surface area contributed by atoms with E-state index < -0.39 is 0 Å². The van der Waals surface area contributed by atoms with Gasteiger partial charge in [-0.05, 0) is 42.7 Å². The second-order valence-corrected chi connectivity index (χ2v) is 5.72. The van der Waals surface area contributed by atoms with Gasteiger partial charge >= 0.3 is 0 Å². The molecule has 1 aliphatic rings. The van der Waals surface area contributed by atoms with Crippen LogP contribution in [0.3, 0.4) is 0 Å². The SMILES string of the molecule is OCC(NCc1ccc(OCC2CCCO2)cc1)c1ccco1. The molecular weight excluding hydrogens is 294 g/mol. The molecule has 2 unspecified atom stereocenters. The lowest BCUT2D eigenvalue weighted by atomic mass is 10.2. The predicted molar refractivity (Wildman–Crippen MR) is 86.3 cm³/mol. The lowest BCUT2D eigenvalue weighted by Crippen LogP contribution is -2.23. The normalized spacial score (nSPS) is 18.9. The van der Waals surface area contributed by atoms with E-state index in [9.17, 15) is 5.11 Å². The van der Waals surface area contributed by atoms with E-state index in [0.717, 1.165) is 36.5 Å². The summed E-state index contributed by atoms with van der Waals surface area (Å²) in [5, 5.41) is 12.7. The van der Waals surface area contributed by atoms with Crippen LogP contribution in [0.4, 0.5) is 0 Å². The van der Waals surface area contributed by atoms with Crippen LogP contribution >= 0.6 is 0 Å². The van der Waals surface area contributed by atoms with E-state index in [1.165, 1.54) is 0 Å². The molecule has 1 fully saturated rings. The van der Waals surface area contributed by atoms with Gasteiger partial charge in [0.15, 0.2) is 0 Å². The summed E-state index contributed by atoms with van der Waals surface area (Å²) in [5.41, 5.74) is 1.12. The zero-order valence-corrected chi connectivity index (χ0v) is 13.1. The number of aliphatic hydroxyl groups excluding tert-OH is 1. The molecule has 3 rings (SSSR count). The van der Waals surface area contributed by atoms with Gasteiger partial charge in [-0.1, -0.05) is 12.1 Å². The van der Waals surface area contributed by atoms with Crippen LogP contribution in [0.25, 0.3) is 0 Å². The fourth-order valence-corrected chi connectivity index (χ4v) is 2.65. The van der Waals surface area contributed by atoms with Gasteiger partial charge in [0, 0.05) is 13.2 Å². The van der Waals surface area contributed by atoms with Gasteiger partial charge in [0.2, 0.25) is 0 Å². The summed E-state index contributed by atoms with van der Waals surface area (Å²) < 4.78 is 16.6. The summed E-state index contributed by atoms with van der Waals surface area (Å²) in [5.74, 6) is 1.60. The highest BCUT2D eigenvalue weighted by atomic mass is 16.5. The molecule has 0 amide bonds. The van der Waals surface area contributed by atoms with E-state index in [0.29, 0.717) is 13.2 Å². The van der Waals surface area contributed by atoms with Gasteiger partial charge in [0.05, 0.1) is 25.0 Å². The largest absolute Gasteiger partial charge is 0.491 e. The van der Waals surface area contributed by atoms with Crippen LogP contribution in [-0.4, -0.2) is 31.0 Å². The van der Waals surface area contributed by atoms with Gasteiger partial charge in [-0.25, -0.2) is 0 Å². The summed E-state index contributed by atoms with van der Waals surface area (Å²) in [7, 11) is 0. The predicted octanol–water partition coefficient (Wildman–Crippen LogP) is 2.66. The van der Waals surface area contributed by atoms with Gasteiger partial charge in [-0.2, -0.15) is 0 Å². The van der Waals surface area contributed by atoms with Crippen molar-refractivity contribution in [1.29, 1.82) is 0 Å². The lowest BCUT2D eigenvalue weighted by Gasteiger charge is -2.14. The Hall–Kier alpha value is -1.82. The van der Waals surface area contributed by atoms with E-state index in [4.69, 9.17) is 13.9 Å². The number of benzene rings is 1. The van der Waals surface area contributed by atoms with Gasteiger partial charge in [0.25, 0.3) is 0 Å². The smallest absolute Gasteiger partial charge is 0.123 e. The third-order valence-electron chi connectivity index (χ3n) is 4.01. The van der Waals surface area contributed by atoms with Crippen molar-refractivity contribution in [3.8, 4) is 5.75 Å². The van der Waals surface area contributed by atoms with Gasteiger partial charge < -0.3 is 24.3 Å². The molecule has 2 atom stereocenters. The second kappa shape index (κ2) is 8.15. The number of furan rings is 1. The third-order valence-corrected chi connectivity index (χ3v) is 4.01. The molecule has 0 bridgehead atoms. The molecule has 0 radical (unpaired) electrons. The first-order valence-electron chi connectivity index (χ1n) is 8.06. The molecule has 0 spiro atoms. The van der Waals surface area contributed by atoms with Crippen LogP contribution in [0, 0.1) is 0 Å². The van der Waals surface area contributed by atoms with E-state index in [1.54, 1.807) is 6.26 Å². The first kappa shape index (κ1) is 16.1. The highest BCUT2D eigenvalue weighted by molar-refractivity contribution is 5.27. The van der Waals surface area contributed by atoms with Crippen molar-refractivity contribution in [3.63, 3.8) is 0 Å². The number of hydrogen-bond donors (Lipinski definition) is 2. The molecule has 1 saturated heterocycles. The molecule has 2 N–H and O–H groups in total. The van der Waals surface area contributed by atoms with Crippen molar-refractivity contribution in [2.24, 2.45) is 0 Å². The Balaban J connectivity index is 1.47. The van der Waals surface area contributed by atoms with Crippen LogP contribution in [0.1, 0.15) is 30.2 Å². The van der Waals surface area contributed by atoms with Crippen molar-refractivity contribution in [2.45, 2.75) is 31.5 Å². The van der Waals surface area contributed by atoms with Crippen molar-refractivity contribution in [3.05, 3.63) is 54.0 Å². The summed E-state index contributed by atoms with van der Waals surface area (Å²) in [6, 6.07) is 11.5. The van der Waals surface area contributed by atoms with Gasteiger partial charge in [-0.15, -0.1) is 0 Å². The number of ether oxygens (including phenoxy) is 2. The maximum atomic E-state index is 9.44. The van der Waals surface area contributed by atoms with E-state index in [2.05, 4.69) is 5.32 Å². The summed E-state index contributed by atoms with van der Waals surface area (Å²) in [6.45, 7) is 2.11. The number of nitrogens with one attached hydrogen (secondary N) is 1. The average Bonchev–Trinajstić information content (AvgIpc) is 3.28. The molecule has 2 heterocycles. The minimum Gasteiger partial charge on any atom is -0.491 e. The molecule has 1 aromatic heterocycles. The standard InChI is InChI=1S/C18H23NO4/c20-12-17(18-4-2-10-22-18)19-11-14-5-7-15(8-6-14)23-13-16-3-1-9-21-16/h2,4-8,10,16-17,19-20H,1,3,9,11-13H2. The zero-order chi connectivity index (χ0) is 15.9. The Morgan fingerprint density at radius 2 is 2.13 bits per heavy atom. The first-order valence-corrected chi connectivity index (χ1v) is 8.06. The lowest BCUT2D eigenvalue weighted by molar-refractivity contribution is 0.0679. The molecule has 0 saturated carbocycles. The monoisotopic (exact) mass is 317 g/mol. The van der Waals surface area contributed by atoms with Crippen LogP contribution in [-0.2, 0) is 11.3 Å². The highest BCUT2D eigenvalue weighted by Gasteiger charge is 2.16. The van der Waals surface area contributed by atoms with Crippen LogP contribution < -0.4 is 10.1 Å². The minimum absolute atomic E-state index is 0.00387. The van der Waals surface area contributed by atoms with Gasteiger partial charge in [0.1, 0.15) is 18.1 Å². The van der Waals surface area contributed by atoms with Crippen molar-refractivity contribution in [1.82, 2.24) is 5.32 Å². The topological polar surface area (TPSA) is 63.9 Å². The molecule has 0 aliphatic carbocycles. The Morgan fingerprint density at radius 3 is 2.78 bits per heavy atom. The van der Waals surface area contributed by atoms with E-state index in [-0.39, 0.29) is 18.8 Å². The van der Waals surface area contributed by atoms with E-state index in [1.807, 2.05) is 36.4 Å². The number of aliphatic hydroxyl groups is 1. The molecule has 1 aliphatic heterocycles. The average molecular weight is 317 g/mol. The molecular formula is C18H23NO4. The van der Waals surface area contributed by atoms with Crippen molar-refractivity contribution >= 4 is 0 Å². The number of hydrogen-bond acceptors (Lipinski definition) is 5. The zero-order valence-electron chi connectivity index (χ0n) is 13.1. The maximum Gasteiger partial charge on any atom is 0.123 e. The quantitative estimate of drug-likeness (QED) is 0.784. The molecule has 23 heavy (non-hydrogen) atoms. The molecule has 1 aromatic carbocycles. The Kier molecular flexibility index (Phi) is 5.69. The molecule has 5 nitrogen and oxygen atoms in total. The minimum atomic E-state index is -0.194. The third kappa shape index (κ3) is 4.58. The molecule has 2 aromatic rings. The fraction of sp³-hybridized carbons (Fsp3) is 0.444.